The van der Waals surface area contributed by atoms with Crippen molar-refractivity contribution >= 4 is 17.1 Å². The van der Waals surface area contributed by atoms with Gasteiger partial charge >= 0.3 is 0 Å². The topological polar surface area (TPSA) is 12.5 Å². The SMILES string of the molecule is COc1ccc(N(c2ccc(C)cc2)c2ccc(-c3ccc(C)cc3)cc2)cc1. The molecular weight excluding hydrogens is 354 g/mol. The summed E-state index contributed by atoms with van der Waals surface area (Å²) < 4.78 is 5.33. The Morgan fingerprint density at radius 2 is 0.828 bits per heavy atom. The Morgan fingerprint density at radius 1 is 0.483 bits per heavy atom. The molecule has 4 aromatic carbocycles. The summed E-state index contributed by atoms with van der Waals surface area (Å²) in [5.41, 5.74) is 8.31. The first-order chi connectivity index (χ1) is 14.1. The van der Waals surface area contributed by atoms with E-state index in [4.69, 9.17) is 4.74 Å². The quantitative estimate of drug-likeness (QED) is 0.357. The van der Waals surface area contributed by atoms with Crippen molar-refractivity contribution in [1.29, 1.82) is 0 Å². The van der Waals surface area contributed by atoms with Gasteiger partial charge in [-0.2, -0.15) is 0 Å². The number of anilines is 3. The van der Waals surface area contributed by atoms with E-state index in [0.717, 1.165) is 22.8 Å². The van der Waals surface area contributed by atoms with Crippen LogP contribution in [-0.4, -0.2) is 7.11 Å². The average Bonchev–Trinajstić information content (AvgIpc) is 2.77. The summed E-state index contributed by atoms with van der Waals surface area (Å²) >= 11 is 0. The largest absolute Gasteiger partial charge is 0.497 e. The minimum Gasteiger partial charge on any atom is -0.497 e. The Balaban J connectivity index is 1.73. The van der Waals surface area contributed by atoms with Gasteiger partial charge in [0, 0.05) is 17.1 Å². The van der Waals surface area contributed by atoms with Gasteiger partial charge < -0.3 is 9.64 Å². The minimum absolute atomic E-state index is 0.854. The fourth-order valence-electron chi connectivity index (χ4n) is 3.42. The van der Waals surface area contributed by atoms with E-state index < -0.39 is 0 Å². The van der Waals surface area contributed by atoms with Gasteiger partial charge in [0.05, 0.1) is 7.11 Å². The van der Waals surface area contributed by atoms with Crippen LogP contribution in [0.5, 0.6) is 5.75 Å². The lowest BCUT2D eigenvalue weighted by Gasteiger charge is -2.26. The molecule has 0 amide bonds. The number of methoxy groups -OCH3 is 1. The summed E-state index contributed by atoms with van der Waals surface area (Å²) in [6, 6.07) is 34.2. The number of ether oxygens (including phenoxy) is 1. The molecule has 0 aliphatic carbocycles. The van der Waals surface area contributed by atoms with Gasteiger partial charge in [0.2, 0.25) is 0 Å². The lowest BCUT2D eigenvalue weighted by molar-refractivity contribution is 0.415. The molecule has 0 spiro atoms. The molecule has 0 N–H and O–H groups in total. The highest BCUT2D eigenvalue weighted by molar-refractivity contribution is 5.78. The number of hydrogen-bond donors (Lipinski definition) is 0. The number of benzene rings is 4. The molecule has 0 saturated heterocycles. The van der Waals surface area contributed by atoms with E-state index in [0.29, 0.717) is 0 Å². The number of aryl methyl sites for hydroxylation is 2. The van der Waals surface area contributed by atoms with Crippen LogP contribution < -0.4 is 9.64 Å². The van der Waals surface area contributed by atoms with Crippen molar-refractivity contribution in [2.24, 2.45) is 0 Å². The highest BCUT2D eigenvalue weighted by atomic mass is 16.5. The molecule has 0 aliphatic rings. The molecule has 144 valence electrons. The van der Waals surface area contributed by atoms with Gasteiger partial charge in [-0.05, 0) is 73.5 Å². The number of nitrogens with zero attached hydrogens (tertiary/aromatic N) is 1. The lowest BCUT2D eigenvalue weighted by Crippen LogP contribution is -2.09. The van der Waals surface area contributed by atoms with E-state index in [1.807, 2.05) is 12.1 Å². The smallest absolute Gasteiger partial charge is 0.119 e. The van der Waals surface area contributed by atoms with E-state index >= 15 is 0 Å². The van der Waals surface area contributed by atoms with Crippen LogP contribution in [0.25, 0.3) is 11.1 Å². The highest BCUT2D eigenvalue weighted by Crippen LogP contribution is 2.36. The Bertz CT molecular complexity index is 1060. The normalized spacial score (nSPS) is 10.6. The fraction of sp³-hybridized carbons (Fsp3) is 0.111. The van der Waals surface area contributed by atoms with Gasteiger partial charge in [-0.25, -0.2) is 0 Å². The van der Waals surface area contributed by atoms with Crippen molar-refractivity contribution in [1.82, 2.24) is 0 Å². The molecule has 2 heteroatoms. The lowest BCUT2D eigenvalue weighted by atomic mass is 10.0. The van der Waals surface area contributed by atoms with Crippen LogP contribution in [0.3, 0.4) is 0 Å². The van der Waals surface area contributed by atoms with Crippen LogP contribution in [0.1, 0.15) is 11.1 Å². The van der Waals surface area contributed by atoms with Crippen molar-refractivity contribution < 1.29 is 4.74 Å². The Hall–Kier alpha value is -3.52. The Morgan fingerprint density at radius 3 is 1.28 bits per heavy atom. The van der Waals surface area contributed by atoms with Gasteiger partial charge in [-0.1, -0.05) is 59.7 Å². The van der Waals surface area contributed by atoms with Crippen molar-refractivity contribution in [3.05, 3.63) is 108 Å². The zero-order chi connectivity index (χ0) is 20.2. The first-order valence-corrected chi connectivity index (χ1v) is 9.82. The molecule has 2 nitrogen and oxygen atoms in total. The Labute approximate surface area is 173 Å². The third-order valence-corrected chi connectivity index (χ3v) is 5.13. The minimum atomic E-state index is 0.854. The maximum absolute atomic E-state index is 5.33. The molecule has 0 radical (unpaired) electrons. The van der Waals surface area contributed by atoms with Crippen molar-refractivity contribution in [3.8, 4) is 16.9 Å². The standard InChI is InChI=1S/C27H25NO/c1-20-4-8-22(9-5-20)23-10-14-25(15-11-23)28(24-12-6-21(2)7-13-24)26-16-18-27(29-3)19-17-26/h4-19H,1-3H3. The summed E-state index contributed by atoms with van der Waals surface area (Å²) in [5, 5.41) is 0. The summed E-state index contributed by atoms with van der Waals surface area (Å²) in [6.45, 7) is 4.22. The van der Waals surface area contributed by atoms with Gasteiger partial charge in [-0.3, -0.25) is 0 Å². The molecule has 0 aromatic heterocycles. The third kappa shape index (κ3) is 4.17. The number of rotatable bonds is 5. The van der Waals surface area contributed by atoms with Crippen LogP contribution in [0, 0.1) is 13.8 Å². The van der Waals surface area contributed by atoms with Crippen molar-refractivity contribution in [2.45, 2.75) is 13.8 Å². The maximum Gasteiger partial charge on any atom is 0.119 e. The first kappa shape index (κ1) is 18.8. The first-order valence-electron chi connectivity index (χ1n) is 9.82. The summed E-state index contributed by atoms with van der Waals surface area (Å²) in [4.78, 5) is 2.26. The highest BCUT2D eigenvalue weighted by Gasteiger charge is 2.12. The number of hydrogen-bond acceptors (Lipinski definition) is 2. The summed E-state index contributed by atoms with van der Waals surface area (Å²) in [6.07, 6.45) is 0. The predicted octanol–water partition coefficient (Wildman–Crippen LogP) is 7.45. The zero-order valence-electron chi connectivity index (χ0n) is 17.1. The summed E-state index contributed by atoms with van der Waals surface area (Å²) in [5.74, 6) is 0.854. The van der Waals surface area contributed by atoms with Crippen molar-refractivity contribution in [3.63, 3.8) is 0 Å². The van der Waals surface area contributed by atoms with Gasteiger partial charge in [0.1, 0.15) is 5.75 Å². The second-order valence-corrected chi connectivity index (χ2v) is 7.28. The van der Waals surface area contributed by atoms with E-state index in [1.165, 1.54) is 22.3 Å². The van der Waals surface area contributed by atoms with E-state index in [1.54, 1.807) is 7.11 Å². The maximum atomic E-state index is 5.33. The van der Waals surface area contributed by atoms with E-state index in [-0.39, 0.29) is 0 Å². The molecule has 0 heterocycles. The third-order valence-electron chi connectivity index (χ3n) is 5.13. The molecule has 0 aliphatic heterocycles. The van der Waals surface area contributed by atoms with Crippen LogP contribution in [-0.2, 0) is 0 Å². The molecule has 0 saturated carbocycles. The predicted molar refractivity (Wildman–Crippen MR) is 123 cm³/mol. The Kier molecular flexibility index (Phi) is 5.35. The second-order valence-electron chi connectivity index (χ2n) is 7.28. The second kappa shape index (κ2) is 8.24. The van der Waals surface area contributed by atoms with Crippen LogP contribution >= 0.6 is 0 Å². The van der Waals surface area contributed by atoms with Gasteiger partial charge in [0.15, 0.2) is 0 Å². The van der Waals surface area contributed by atoms with Crippen LogP contribution in [0.4, 0.5) is 17.1 Å². The van der Waals surface area contributed by atoms with Crippen molar-refractivity contribution in [2.75, 3.05) is 12.0 Å². The van der Waals surface area contributed by atoms with Gasteiger partial charge in [0.25, 0.3) is 0 Å². The van der Waals surface area contributed by atoms with E-state index in [2.05, 4.69) is 104 Å². The fourth-order valence-corrected chi connectivity index (χ4v) is 3.42. The molecule has 29 heavy (non-hydrogen) atoms. The zero-order valence-corrected chi connectivity index (χ0v) is 17.1. The van der Waals surface area contributed by atoms with Crippen LogP contribution in [0.15, 0.2) is 97.1 Å². The molecule has 0 atom stereocenters. The molecule has 4 aromatic rings. The summed E-state index contributed by atoms with van der Waals surface area (Å²) in [7, 11) is 1.69. The monoisotopic (exact) mass is 379 g/mol. The molecule has 0 unspecified atom stereocenters. The average molecular weight is 380 g/mol. The van der Waals surface area contributed by atoms with Crippen LogP contribution in [0.2, 0.25) is 0 Å². The molecule has 4 rings (SSSR count). The van der Waals surface area contributed by atoms with E-state index in [9.17, 15) is 0 Å². The van der Waals surface area contributed by atoms with Gasteiger partial charge in [-0.15, -0.1) is 0 Å². The molecule has 0 bridgehead atoms. The molecule has 0 fully saturated rings. The molecular formula is C27H25NO.